The third-order valence-corrected chi connectivity index (χ3v) is 2.11. The SMILES string of the molecule is C[C@H](O)c1ccc(C(F)(F)C(F)(F)F)cc1. The first-order valence-electron chi connectivity index (χ1n) is 4.39. The largest absolute Gasteiger partial charge is 0.458 e. The van der Waals surface area contributed by atoms with E-state index < -0.39 is 23.8 Å². The van der Waals surface area contributed by atoms with Gasteiger partial charge in [-0.15, -0.1) is 0 Å². The lowest BCUT2D eigenvalue weighted by atomic mass is 10.0. The molecule has 1 aromatic rings. The topological polar surface area (TPSA) is 20.2 Å². The lowest BCUT2D eigenvalue weighted by Gasteiger charge is -2.20. The Morgan fingerprint density at radius 2 is 1.44 bits per heavy atom. The molecular formula is C10H9F5O. The minimum atomic E-state index is -5.61. The molecule has 1 aromatic carbocycles. The molecule has 0 aromatic heterocycles. The second-order valence-corrected chi connectivity index (χ2v) is 3.37. The monoisotopic (exact) mass is 240 g/mol. The molecule has 0 heterocycles. The van der Waals surface area contributed by atoms with E-state index in [1.165, 1.54) is 6.92 Å². The second kappa shape index (κ2) is 4.01. The third kappa shape index (κ3) is 2.32. The summed E-state index contributed by atoms with van der Waals surface area (Å²) >= 11 is 0. The van der Waals surface area contributed by atoms with Gasteiger partial charge < -0.3 is 5.11 Å². The van der Waals surface area contributed by atoms with E-state index in [0.717, 1.165) is 12.1 Å². The van der Waals surface area contributed by atoms with Gasteiger partial charge in [0.15, 0.2) is 0 Å². The summed E-state index contributed by atoms with van der Waals surface area (Å²) in [6.45, 7) is 1.39. The van der Waals surface area contributed by atoms with Crippen molar-refractivity contribution in [3.63, 3.8) is 0 Å². The molecule has 1 nitrogen and oxygen atoms in total. The predicted octanol–water partition coefficient (Wildman–Crippen LogP) is 3.39. The van der Waals surface area contributed by atoms with Gasteiger partial charge in [0.2, 0.25) is 0 Å². The molecule has 0 aliphatic rings. The molecule has 0 saturated heterocycles. The normalized spacial score (nSPS) is 14.9. The third-order valence-electron chi connectivity index (χ3n) is 2.11. The lowest BCUT2D eigenvalue weighted by Crippen LogP contribution is -2.33. The highest BCUT2D eigenvalue weighted by Gasteiger charge is 2.58. The van der Waals surface area contributed by atoms with Crippen LogP contribution >= 0.6 is 0 Å². The molecule has 6 heteroatoms. The Morgan fingerprint density at radius 3 is 1.75 bits per heavy atom. The van der Waals surface area contributed by atoms with E-state index in [-0.39, 0.29) is 5.56 Å². The minimum Gasteiger partial charge on any atom is -0.389 e. The van der Waals surface area contributed by atoms with Crippen LogP contribution in [-0.4, -0.2) is 11.3 Å². The molecule has 1 N–H and O–H groups in total. The molecule has 0 bridgehead atoms. The first-order valence-corrected chi connectivity index (χ1v) is 4.39. The Balaban J connectivity index is 3.07. The number of alkyl halides is 5. The average molecular weight is 240 g/mol. The zero-order chi connectivity index (χ0) is 12.6. The van der Waals surface area contributed by atoms with Crippen molar-refractivity contribution in [1.29, 1.82) is 0 Å². The van der Waals surface area contributed by atoms with E-state index in [2.05, 4.69) is 0 Å². The van der Waals surface area contributed by atoms with E-state index in [4.69, 9.17) is 5.11 Å². The Kier molecular flexibility index (Phi) is 3.23. The number of aliphatic hydroxyl groups is 1. The number of halogens is 5. The van der Waals surface area contributed by atoms with Gasteiger partial charge in [0.25, 0.3) is 0 Å². The van der Waals surface area contributed by atoms with Crippen LogP contribution in [0.15, 0.2) is 24.3 Å². The molecule has 0 radical (unpaired) electrons. The van der Waals surface area contributed by atoms with Crippen molar-refractivity contribution in [3.05, 3.63) is 35.4 Å². The number of aliphatic hydroxyl groups excluding tert-OH is 1. The highest BCUT2D eigenvalue weighted by atomic mass is 19.4. The fourth-order valence-corrected chi connectivity index (χ4v) is 1.13. The van der Waals surface area contributed by atoms with Crippen molar-refractivity contribution in [2.75, 3.05) is 0 Å². The average Bonchev–Trinajstić information content (AvgIpc) is 2.16. The zero-order valence-electron chi connectivity index (χ0n) is 8.22. The van der Waals surface area contributed by atoms with E-state index in [1.54, 1.807) is 0 Å². The van der Waals surface area contributed by atoms with Crippen LogP contribution < -0.4 is 0 Å². The first-order chi connectivity index (χ1) is 7.16. The van der Waals surface area contributed by atoms with E-state index >= 15 is 0 Å². The maximum atomic E-state index is 12.8. The number of hydrogen-bond donors (Lipinski definition) is 1. The van der Waals surface area contributed by atoms with E-state index in [9.17, 15) is 22.0 Å². The van der Waals surface area contributed by atoms with Gasteiger partial charge in [0, 0.05) is 5.56 Å². The summed E-state index contributed by atoms with van der Waals surface area (Å²) < 4.78 is 61.6. The van der Waals surface area contributed by atoms with Crippen molar-refractivity contribution in [1.82, 2.24) is 0 Å². The molecule has 0 aliphatic carbocycles. The molecule has 0 aliphatic heterocycles. The summed E-state index contributed by atoms with van der Waals surface area (Å²) in [6.07, 6.45) is -6.52. The van der Waals surface area contributed by atoms with Gasteiger partial charge >= 0.3 is 12.1 Å². The number of benzene rings is 1. The van der Waals surface area contributed by atoms with Crippen LogP contribution in [0.25, 0.3) is 0 Å². The van der Waals surface area contributed by atoms with Crippen LogP contribution in [0.5, 0.6) is 0 Å². The Hall–Kier alpha value is -1.17. The Morgan fingerprint density at radius 1 is 1.00 bits per heavy atom. The Labute approximate surface area is 88.5 Å². The molecule has 90 valence electrons. The van der Waals surface area contributed by atoms with Gasteiger partial charge in [0.1, 0.15) is 0 Å². The highest BCUT2D eigenvalue weighted by Crippen LogP contribution is 2.43. The van der Waals surface area contributed by atoms with Crippen molar-refractivity contribution < 1.29 is 27.1 Å². The van der Waals surface area contributed by atoms with Crippen LogP contribution in [0.2, 0.25) is 0 Å². The highest BCUT2D eigenvalue weighted by molar-refractivity contribution is 5.27. The van der Waals surface area contributed by atoms with Crippen LogP contribution in [0.4, 0.5) is 22.0 Å². The summed E-state index contributed by atoms with van der Waals surface area (Å²) in [4.78, 5) is 0. The lowest BCUT2D eigenvalue weighted by molar-refractivity contribution is -0.289. The van der Waals surface area contributed by atoms with Crippen LogP contribution in [-0.2, 0) is 5.92 Å². The fraction of sp³-hybridized carbons (Fsp3) is 0.400. The van der Waals surface area contributed by atoms with Crippen molar-refractivity contribution in [2.24, 2.45) is 0 Å². The Bertz CT molecular complexity index is 352. The van der Waals surface area contributed by atoms with Crippen molar-refractivity contribution >= 4 is 0 Å². The van der Waals surface area contributed by atoms with Crippen LogP contribution in [0.1, 0.15) is 24.2 Å². The fourth-order valence-electron chi connectivity index (χ4n) is 1.13. The molecule has 16 heavy (non-hydrogen) atoms. The van der Waals surface area contributed by atoms with Gasteiger partial charge in [0.05, 0.1) is 6.10 Å². The standard InChI is InChI=1S/C10H9F5O/c1-6(16)7-2-4-8(5-3-7)9(11,12)10(13,14)15/h2-6,16H,1H3/t6-/m0/s1. The van der Waals surface area contributed by atoms with E-state index in [0.29, 0.717) is 12.1 Å². The summed E-state index contributed by atoms with van der Waals surface area (Å²) in [5.41, 5.74) is -0.855. The van der Waals surface area contributed by atoms with Gasteiger partial charge in [-0.1, -0.05) is 24.3 Å². The molecule has 1 rings (SSSR count). The van der Waals surface area contributed by atoms with Crippen LogP contribution in [0, 0.1) is 0 Å². The number of hydrogen-bond acceptors (Lipinski definition) is 1. The summed E-state index contributed by atoms with van der Waals surface area (Å²) in [6, 6.07) is 3.41. The first kappa shape index (κ1) is 12.9. The zero-order valence-corrected chi connectivity index (χ0v) is 8.22. The smallest absolute Gasteiger partial charge is 0.389 e. The minimum absolute atomic E-state index is 0.279. The molecule has 0 amide bonds. The quantitative estimate of drug-likeness (QED) is 0.785. The summed E-state index contributed by atoms with van der Waals surface area (Å²) in [7, 11) is 0. The summed E-state index contributed by atoms with van der Waals surface area (Å²) in [5, 5.41) is 9.07. The maximum absolute atomic E-state index is 12.8. The van der Waals surface area contributed by atoms with Gasteiger partial charge in [-0.3, -0.25) is 0 Å². The van der Waals surface area contributed by atoms with E-state index in [1.807, 2.05) is 0 Å². The van der Waals surface area contributed by atoms with Crippen LogP contribution in [0.3, 0.4) is 0 Å². The van der Waals surface area contributed by atoms with Crippen molar-refractivity contribution in [3.8, 4) is 0 Å². The molecule has 1 atom stereocenters. The second-order valence-electron chi connectivity index (χ2n) is 3.37. The molecule has 0 unspecified atom stereocenters. The molecule has 0 spiro atoms. The maximum Gasteiger partial charge on any atom is 0.458 e. The predicted molar refractivity (Wildman–Crippen MR) is 47.0 cm³/mol. The van der Waals surface area contributed by atoms with Gasteiger partial charge in [-0.2, -0.15) is 22.0 Å². The molecule has 0 fully saturated rings. The summed E-state index contributed by atoms with van der Waals surface area (Å²) in [5.74, 6) is -4.87. The molecule has 0 saturated carbocycles. The molecular weight excluding hydrogens is 231 g/mol. The van der Waals surface area contributed by atoms with Gasteiger partial charge in [-0.25, -0.2) is 0 Å². The van der Waals surface area contributed by atoms with Gasteiger partial charge in [-0.05, 0) is 12.5 Å². The van der Waals surface area contributed by atoms with Crippen molar-refractivity contribution in [2.45, 2.75) is 25.1 Å². The number of rotatable bonds is 2.